The first-order valence-electron chi connectivity index (χ1n) is 10.6. The number of hydrogen-bond donors (Lipinski definition) is 1. The van der Waals surface area contributed by atoms with Gasteiger partial charge in [-0.05, 0) is 63.8 Å². The van der Waals surface area contributed by atoms with E-state index in [1.54, 1.807) is 4.90 Å². The van der Waals surface area contributed by atoms with Crippen LogP contribution in [-0.2, 0) is 9.59 Å². The average Bonchev–Trinajstić information content (AvgIpc) is 2.68. The molecule has 154 valence electrons. The van der Waals surface area contributed by atoms with Crippen molar-refractivity contribution >= 4 is 17.5 Å². The third-order valence-electron chi connectivity index (χ3n) is 5.77. The Labute approximate surface area is 168 Å². The molecule has 1 N–H and O–H groups in total. The van der Waals surface area contributed by atoms with E-state index in [1.165, 1.54) is 19.3 Å². The van der Waals surface area contributed by atoms with E-state index < -0.39 is 6.10 Å². The number of amides is 2. The van der Waals surface area contributed by atoms with Crippen molar-refractivity contribution in [3.05, 3.63) is 23.8 Å². The molecule has 0 unspecified atom stereocenters. The zero-order valence-corrected chi connectivity index (χ0v) is 17.4. The maximum atomic E-state index is 12.8. The topological polar surface area (TPSA) is 61.9 Å². The summed E-state index contributed by atoms with van der Waals surface area (Å²) >= 11 is 0. The van der Waals surface area contributed by atoms with Gasteiger partial charge in [-0.1, -0.05) is 19.4 Å². The van der Waals surface area contributed by atoms with Gasteiger partial charge < -0.3 is 15.0 Å². The van der Waals surface area contributed by atoms with Gasteiger partial charge in [-0.2, -0.15) is 0 Å². The lowest BCUT2D eigenvalue weighted by Gasteiger charge is -2.34. The van der Waals surface area contributed by atoms with E-state index in [0.29, 0.717) is 30.4 Å². The monoisotopic (exact) mass is 387 g/mol. The average molecular weight is 388 g/mol. The molecule has 0 spiro atoms. The predicted molar refractivity (Wildman–Crippen MR) is 111 cm³/mol. The van der Waals surface area contributed by atoms with Gasteiger partial charge in [0.15, 0.2) is 6.10 Å². The summed E-state index contributed by atoms with van der Waals surface area (Å²) in [6.45, 7) is 9.01. The van der Waals surface area contributed by atoms with Crippen molar-refractivity contribution in [2.45, 2.75) is 65.0 Å². The second kappa shape index (κ2) is 9.41. The highest BCUT2D eigenvalue weighted by molar-refractivity contribution is 6.03. The van der Waals surface area contributed by atoms with Gasteiger partial charge in [0.2, 0.25) is 5.91 Å². The summed E-state index contributed by atoms with van der Waals surface area (Å²) in [4.78, 5) is 29.3. The van der Waals surface area contributed by atoms with Gasteiger partial charge in [-0.25, -0.2) is 0 Å². The normalized spacial score (nSPS) is 22.5. The zero-order chi connectivity index (χ0) is 20.1. The number of ether oxygens (including phenoxy) is 1. The Hall–Kier alpha value is -2.08. The number of piperidine rings is 1. The van der Waals surface area contributed by atoms with Crippen LogP contribution in [0.25, 0.3) is 0 Å². The Morgan fingerprint density at radius 2 is 2.14 bits per heavy atom. The minimum Gasteiger partial charge on any atom is -0.478 e. The smallest absolute Gasteiger partial charge is 0.268 e. The summed E-state index contributed by atoms with van der Waals surface area (Å²) in [6, 6.07) is 6.39. The first-order valence-corrected chi connectivity index (χ1v) is 10.6. The number of likely N-dealkylation sites (tertiary alicyclic amines) is 1. The van der Waals surface area contributed by atoms with Crippen LogP contribution in [0.3, 0.4) is 0 Å². The van der Waals surface area contributed by atoms with Gasteiger partial charge in [0.1, 0.15) is 12.3 Å². The molecule has 28 heavy (non-hydrogen) atoms. The molecular weight excluding hydrogens is 354 g/mol. The highest BCUT2D eigenvalue weighted by atomic mass is 16.5. The van der Waals surface area contributed by atoms with Crippen molar-refractivity contribution in [3.8, 4) is 5.75 Å². The standard InChI is InChI=1S/C22H33N3O3/c1-4-19-22(27)25(18-14-16(2)9-10-20(18)28-19)15-21(26)23-11-7-13-24-12-6-5-8-17(24)3/h9-10,14,17,19H,4-8,11-13,15H2,1-3H3,(H,23,26)/t17-,19-/m0/s1. The number of carbonyl (C=O) groups excluding carboxylic acids is 2. The molecule has 0 aromatic heterocycles. The molecule has 6 heteroatoms. The molecule has 1 aromatic rings. The lowest BCUT2D eigenvalue weighted by molar-refractivity contribution is -0.129. The van der Waals surface area contributed by atoms with Crippen molar-refractivity contribution in [1.29, 1.82) is 0 Å². The van der Waals surface area contributed by atoms with Crippen molar-refractivity contribution in [2.24, 2.45) is 0 Å². The summed E-state index contributed by atoms with van der Waals surface area (Å²) in [5, 5.41) is 2.98. The van der Waals surface area contributed by atoms with E-state index in [9.17, 15) is 9.59 Å². The highest BCUT2D eigenvalue weighted by Crippen LogP contribution is 2.35. The Balaban J connectivity index is 1.54. The van der Waals surface area contributed by atoms with Crippen molar-refractivity contribution in [3.63, 3.8) is 0 Å². The molecule has 1 saturated heterocycles. The minimum atomic E-state index is -0.524. The number of carbonyl (C=O) groups is 2. The molecule has 0 aliphatic carbocycles. The summed E-state index contributed by atoms with van der Waals surface area (Å²) in [5.41, 5.74) is 1.72. The summed E-state index contributed by atoms with van der Waals surface area (Å²) < 4.78 is 5.81. The highest BCUT2D eigenvalue weighted by Gasteiger charge is 2.34. The van der Waals surface area contributed by atoms with Crippen LogP contribution in [0.2, 0.25) is 0 Å². The van der Waals surface area contributed by atoms with Gasteiger partial charge in [0, 0.05) is 19.1 Å². The number of rotatable bonds is 7. The molecule has 2 heterocycles. The van der Waals surface area contributed by atoms with Gasteiger partial charge in [-0.3, -0.25) is 14.5 Å². The van der Waals surface area contributed by atoms with Gasteiger partial charge in [0.05, 0.1) is 5.69 Å². The predicted octanol–water partition coefficient (Wildman–Crippen LogP) is 2.88. The van der Waals surface area contributed by atoms with Crippen LogP contribution >= 0.6 is 0 Å². The quantitative estimate of drug-likeness (QED) is 0.731. The fraction of sp³-hybridized carbons (Fsp3) is 0.636. The van der Waals surface area contributed by atoms with E-state index >= 15 is 0 Å². The molecule has 2 atom stereocenters. The second-order valence-corrected chi connectivity index (χ2v) is 7.99. The van der Waals surface area contributed by atoms with Crippen molar-refractivity contribution in [1.82, 2.24) is 10.2 Å². The van der Waals surface area contributed by atoms with Crippen LogP contribution in [0.1, 0.15) is 51.5 Å². The summed E-state index contributed by atoms with van der Waals surface area (Å²) in [5.74, 6) is 0.408. The fourth-order valence-electron chi connectivity index (χ4n) is 4.05. The van der Waals surface area contributed by atoms with Crippen LogP contribution in [0, 0.1) is 6.92 Å². The number of fused-ring (bicyclic) bond motifs is 1. The molecule has 0 saturated carbocycles. The molecule has 6 nitrogen and oxygen atoms in total. The molecule has 1 aromatic carbocycles. The van der Waals surface area contributed by atoms with Gasteiger partial charge in [0.25, 0.3) is 5.91 Å². The first kappa shape index (κ1) is 20.6. The van der Waals surface area contributed by atoms with Crippen LogP contribution in [0.4, 0.5) is 5.69 Å². The van der Waals surface area contributed by atoms with E-state index in [4.69, 9.17) is 4.74 Å². The molecule has 3 rings (SSSR count). The number of nitrogens with zero attached hydrogens (tertiary/aromatic N) is 2. The zero-order valence-electron chi connectivity index (χ0n) is 17.4. The maximum absolute atomic E-state index is 12.8. The molecule has 2 aliphatic heterocycles. The Bertz CT molecular complexity index is 706. The largest absolute Gasteiger partial charge is 0.478 e. The Morgan fingerprint density at radius 3 is 2.89 bits per heavy atom. The second-order valence-electron chi connectivity index (χ2n) is 7.99. The third kappa shape index (κ3) is 4.85. The molecule has 2 amide bonds. The lowest BCUT2D eigenvalue weighted by atomic mass is 10.0. The fourth-order valence-corrected chi connectivity index (χ4v) is 4.05. The van der Waals surface area contributed by atoms with Crippen LogP contribution in [0.15, 0.2) is 18.2 Å². The third-order valence-corrected chi connectivity index (χ3v) is 5.77. The van der Waals surface area contributed by atoms with Crippen LogP contribution in [-0.4, -0.2) is 55.0 Å². The van der Waals surface area contributed by atoms with E-state index in [0.717, 1.165) is 25.1 Å². The Morgan fingerprint density at radius 1 is 1.32 bits per heavy atom. The van der Waals surface area contributed by atoms with Gasteiger partial charge >= 0.3 is 0 Å². The molecule has 0 radical (unpaired) electrons. The minimum absolute atomic E-state index is 0.0370. The molecule has 2 aliphatic rings. The van der Waals surface area contributed by atoms with E-state index in [2.05, 4.69) is 17.1 Å². The van der Waals surface area contributed by atoms with Crippen LogP contribution in [0.5, 0.6) is 5.75 Å². The molecular formula is C22H33N3O3. The van der Waals surface area contributed by atoms with E-state index in [1.807, 2.05) is 32.0 Å². The molecule has 0 bridgehead atoms. The SMILES string of the molecule is CC[C@@H]1Oc2ccc(C)cc2N(CC(=O)NCCCN2CCCC[C@@H]2C)C1=O. The Kier molecular flexibility index (Phi) is 6.94. The van der Waals surface area contributed by atoms with Crippen molar-refractivity contribution in [2.75, 3.05) is 31.1 Å². The van der Waals surface area contributed by atoms with Crippen molar-refractivity contribution < 1.29 is 14.3 Å². The summed E-state index contributed by atoms with van der Waals surface area (Å²) in [6.07, 6.45) is 4.85. The summed E-state index contributed by atoms with van der Waals surface area (Å²) in [7, 11) is 0. The maximum Gasteiger partial charge on any atom is 0.268 e. The van der Waals surface area contributed by atoms with Crippen LogP contribution < -0.4 is 15.0 Å². The number of hydrogen-bond acceptors (Lipinski definition) is 4. The number of aryl methyl sites for hydroxylation is 1. The number of anilines is 1. The lowest BCUT2D eigenvalue weighted by Crippen LogP contribution is -2.49. The number of nitrogens with one attached hydrogen (secondary N) is 1. The number of benzene rings is 1. The molecule has 1 fully saturated rings. The van der Waals surface area contributed by atoms with Gasteiger partial charge in [-0.15, -0.1) is 0 Å². The first-order chi connectivity index (χ1) is 13.5. The van der Waals surface area contributed by atoms with E-state index in [-0.39, 0.29) is 18.4 Å².